The third-order valence-corrected chi connectivity index (χ3v) is 6.41. The maximum atomic E-state index is 13.7. The molecule has 0 bridgehead atoms. The van der Waals surface area contributed by atoms with E-state index < -0.39 is 23.6 Å². The van der Waals surface area contributed by atoms with Crippen LogP contribution in [0.5, 0.6) is 5.75 Å². The van der Waals surface area contributed by atoms with E-state index in [1.54, 1.807) is 12.1 Å². The number of fused-ring (bicyclic) bond motifs is 1. The second kappa shape index (κ2) is 10.9. The molecule has 0 aliphatic carbocycles. The summed E-state index contributed by atoms with van der Waals surface area (Å²) in [4.78, 5) is 36.8. The summed E-state index contributed by atoms with van der Waals surface area (Å²) in [6.07, 6.45) is 1.38. The largest absolute Gasteiger partial charge is 0.423 e. The van der Waals surface area contributed by atoms with Crippen LogP contribution in [0, 0.1) is 5.82 Å². The monoisotopic (exact) mass is 509 g/mol. The zero-order chi connectivity index (χ0) is 24.8. The van der Waals surface area contributed by atoms with Crippen LogP contribution in [0.2, 0.25) is 5.02 Å². The van der Waals surface area contributed by atoms with Gasteiger partial charge in [0.25, 0.3) is 11.8 Å². The molecule has 0 spiro atoms. The van der Waals surface area contributed by atoms with Gasteiger partial charge in [0.05, 0.1) is 23.3 Å². The second-order valence-electron chi connectivity index (χ2n) is 7.16. The number of halogens is 2. The number of carbonyl (C=O) groups is 3. The maximum Gasteiger partial charge on any atom is 0.346 e. The van der Waals surface area contributed by atoms with E-state index in [0.717, 1.165) is 10.1 Å². The number of amides is 2. The van der Waals surface area contributed by atoms with Gasteiger partial charge in [-0.3, -0.25) is 9.59 Å². The zero-order valence-corrected chi connectivity index (χ0v) is 19.5. The van der Waals surface area contributed by atoms with Crippen molar-refractivity contribution in [3.05, 3.63) is 99.6 Å². The van der Waals surface area contributed by atoms with Gasteiger partial charge in [-0.25, -0.2) is 14.6 Å². The van der Waals surface area contributed by atoms with Gasteiger partial charge < -0.3 is 10.1 Å². The van der Waals surface area contributed by atoms with Crippen LogP contribution in [0.25, 0.3) is 10.1 Å². The van der Waals surface area contributed by atoms with Crippen molar-refractivity contribution in [2.45, 2.75) is 0 Å². The Morgan fingerprint density at radius 3 is 2.46 bits per heavy atom. The van der Waals surface area contributed by atoms with E-state index in [4.69, 9.17) is 16.3 Å². The molecule has 1 heterocycles. The molecule has 0 aliphatic heterocycles. The Kier molecular flexibility index (Phi) is 7.49. The summed E-state index contributed by atoms with van der Waals surface area (Å²) in [6.45, 7) is -0.286. The lowest BCUT2D eigenvalue weighted by molar-refractivity contribution is -0.120. The van der Waals surface area contributed by atoms with E-state index in [1.807, 2.05) is 24.3 Å². The summed E-state index contributed by atoms with van der Waals surface area (Å²) in [6, 6.07) is 19.1. The topological polar surface area (TPSA) is 96.9 Å². The summed E-state index contributed by atoms with van der Waals surface area (Å²) in [7, 11) is 0. The van der Waals surface area contributed by atoms with E-state index >= 15 is 0 Å². The predicted octanol–water partition coefficient (Wildman–Crippen LogP) is 4.79. The quantitative estimate of drug-likeness (QED) is 0.162. The molecule has 2 amide bonds. The lowest BCUT2D eigenvalue weighted by Crippen LogP contribution is -2.34. The highest BCUT2D eigenvalue weighted by molar-refractivity contribution is 7.21. The van der Waals surface area contributed by atoms with Gasteiger partial charge in [-0.05, 0) is 48.0 Å². The van der Waals surface area contributed by atoms with E-state index in [2.05, 4.69) is 15.8 Å². The van der Waals surface area contributed by atoms with Crippen molar-refractivity contribution >= 4 is 57.0 Å². The molecule has 0 radical (unpaired) electrons. The number of hydrogen-bond donors (Lipinski definition) is 2. The SMILES string of the molecule is O=C(CNC(=O)c1sc2ccccc2c1Cl)N/N=C/c1ccc(OC(=O)c2ccccc2F)cc1. The fourth-order valence-corrected chi connectivity index (χ4v) is 4.46. The Labute approximate surface area is 208 Å². The minimum absolute atomic E-state index is 0.164. The van der Waals surface area contributed by atoms with Crippen LogP contribution in [0.4, 0.5) is 4.39 Å². The van der Waals surface area contributed by atoms with Crippen molar-refractivity contribution in [2.75, 3.05) is 6.54 Å². The molecule has 3 aromatic carbocycles. The molecular formula is C25H17ClFN3O4S. The fraction of sp³-hybridized carbons (Fsp3) is 0.0400. The first-order chi connectivity index (χ1) is 16.9. The Hall–Kier alpha value is -4.08. The first-order valence-electron chi connectivity index (χ1n) is 10.3. The van der Waals surface area contributed by atoms with Gasteiger partial charge in [0, 0.05) is 10.1 Å². The van der Waals surface area contributed by atoms with Crippen LogP contribution < -0.4 is 15.5 Å². The third-order valence-electron chi connectivity index (χ3n) is 4.74. The molecule has 10 heteroatoms. The van der Waals surface area contributed by atoms with Crippen LogP contribution in [0.3, 0.4) is 0 Å². The van der Waals surface area contributed by atoms with Crippen molar-refractivity contribution in [2.24, 2.45) is 5.10 Å². The summed E-state index contributed by atoms with van der Waals surface area (Å²) in [5.74, 6) is -2.23. The Morgan fingerprint density at radius 1 is 1.00 bits per heavy atom. The molecule has 0 saturated heterocycles. The highest BCUT2D eigenvalue weighted by Crippen LogP contribution is 2.34. The van der Waals surface area contributed by atoms with Crippen molar-refractivity contribution in [3.8, 4) is 5.75 Å². The molecule has 0 fully saturated rings. The zero-order valence-electron chi connectivity index (χ0n) is 18.0. The number of nitrogens with one attached hydrogen (secondary N) is 2. The number of nitrogens with zero attached hydrogens (tertiary/aromatic N) is 1. The molecule has 2 N–H and O–H groups in total. The van der Waals surface area contributed by atoms with Crippen molar-refractivity contribution in [1.29, 1.82) is 0 Å². The molecule has 176 valence electrons. The highest BCUT2D eigenvalue weighted by atomic mass is 35.5. The number of hydrazone groups is 1. The normalized spacial score (nSPS) is 10.9. The first kappa shape index (κ1) is 24.1. The Bertz CT molecular complexity index is 1440. The van der Waals surface area contributed by atoms with Crippen LogP contribution in [0.15, 0.2) is 77.9 Å². The molecule has 0 saturated carbocycles. The van der Waals surface area contributed by atoms with E-state index in [0.29, 0.717) is 15.5 Å². The number of esters is 1. The molecular weight excluding hydrogens is 493 g/mol. The summed E-state index contributed by atoms with van der Waals surface area (Å²) < 4.78 is 19.7. The molecule has 4 aromatic rings. The smallest absolute Gasteiger partial charge is 0.346 e. The van der Waals surface area contributed by atoms with Crippen molar-refractivity contribution in [1.82, 2.24) is 10.7 Å². The summed E-state index contributed by atoms with van der Waals surface area (Å²) in [5.41, 5.74) is 2.76. The van der Waals surface area contributed by atoms with Gasteiger partial charge in [-0.15, -0.1) is 11.3 Å². The minimum Gasteiger partial charge on any atom is -0.423 e. The molecule has 7 nitrogen and oxygen atoms in total. The number of ether oxygens (including phenoxy) is 1. The average Bonchev–Trinajstić information content (AvgIpc) is 3.20. The average molecular weight is 510 g/mol. The molecule has 35 heavy (non-hydrogen) atoms. The van der Waals surface area contributed by atoms with Gasteiger partial charge in [0.15, 0.2) is 0 Å². The van der Waals surface area contributed by atoms with Crippen molar-refractivity contribution < 1.29 is 23.5 Å². The fourth-order valence-electron chi connectivity index (χ4n) is 3.03. The second-order valence-corrected chi connectivity index (χ2v) is 8.59. The van der Waals surface area contributed by atoms with Crippen molar-refractivity contribution in [3.63, 3.8) is 0 Å². The molecule has 0 aliphatic rings. The number of hydrogen-bond acceptors (Lipinski definition) is 6. The van der Waals surface area contributed by atoms with Crippen LogP contribution >= 0.6 is 22.9 Å². The lowest BCUT2D eigenvalue weighted by atomic mass is 10.2. The van der Waals surface area contributed by atoms with Gasteiger partial charge in [-0.2, -0.15) is 5.10 Å². The number of benzene rings is 3. The highest BCUT2D eigenvalue weighted by Gasteiger charge is 2.17. The third kappa shape index (κ3) is 5.89. The number of carbonyl (C=O) groups excluding carboxylic acids is 3. The summed E-state index contributed by atoms with van der Waals surface area (Å²) in [5, 5.41) is 7.49. The molecule has 0 unspecified atom stereocenters. The van der Waals surface area contributed by atoms with Crippen LogP contribution in [-0.2, 0) is 4.79 Å². The maximum absolute atomic E-state index is 13.7. The standard InChI is InChI=1S/C25H17ClFN3O4S/c26-22-18-6-2-4-8-20(18)35-23(22)24(32)28-14-21(31)30-29-13-15-9-11-16(12-10-15)34-25(33)17-5-1-3-7-19(17)27/h1-13H,14H2,(H,28,32)(H,30,31)/b29-13+. The summed E-state index contributed by atoms with van der Waals surface area (Å²) >= 11 is 7.52. The van der Waals surface area contributed by atoms with Gasteiger partial charge in [-0.1, -0.05) is 41.9 Å². The van der Waals surface area contributed by atoms with E-state index in [1.165, 1.54) is 53.9 Å². The molecule has 1 aromatic heterocycles. The van der Waals surface area contributed by atoms with Gasteiger partial charge in [0.1, 0.15) is 16.4 Å². The first-order valence-corrected chi connectivity index (χ1v) is 11.5. The number of thiophene rings is 1. The lowest BCUT2D eigenvalue weighted by Gasteiger charge is -2.05. The van der Waals surface area contributed by atoms with Crippen LogP contribution in [0.1, 0.15) is 25.6 Å². The van der Waals surface area contributed by atoms with Gasteiger partial charge >= 0.3 is 5.97 Å². The van der Waals surface area contributed by atoms with Gasteiger partial charge in [0.2, 0.25) is 0 Å². The van der Waals surface area contributed by atoms with Crippen LogP contribution in [-0.4, -0.2) is 30.5 Å². The predicted molar refractivity (Wildman–Crippen MR) is 133 cm³/mol. The Morgan fingerprint density at radius 2 is 1.71 bits per heavy atom. The molecule has 0 atom stereocenters. The minimum atomic E-state index is -0.809. The molecule has 4 rings (SSSR count). The Balaban J connectivity index is 1.26. The number of rotatable bonds is 7. The van der Waals surface area contributed by atoms with E-state index in [9.17, 15) is 18.8 Å². The van der Waals surface area contributed by atoms with E-state index in [-0.39, 0.29) is 17.9 Å².